The smallest absolute Gasteiger partial charge is 0.195 e. The normalized spacial score (nSPS) is 10.7. The van der Waals surface area contributed by atoms with Gasteiger partial charge in [0.1, 0.15) is 5.75 Å². The van der Waals surface area contributed by atoms with E-state index in [2.05, 4.69) is 27.6 Å². The van der Waals surface area contributed by atoms with Crippen molar-refractivity contribution in [2.75, 3.05) is 7.11 Å². The Morgan fingerprint density at radius 2 is 1.90 bits per heavy atom. The number of rotatable bonds is 3. The van der Waals surface area contributed by atoms with Crippen LogP contribution in [-0.2, 0) is 0 Å². The average Bonchev–Trinajstić information content (AvgIpc) is 2.91. The van der Waals surface area contributed by atoms with Gasteiger partial charge >= 0.3 is 0 Å². The molecule has 0 atom stereocenters. The molecule has 0 aliphatic carbocycles. The SMILES string of the molecule is COc1cccc2[nH]cc(C(=O)c3ccc(I)cc3)c12. The van der Waals surface area contributed by atoms with E-state index in [-0.39, 0.29) is 5.78 Å². The zero-order valence-electron chi connectivity index (χ0n) is 10.8. The zero-order chi connectivity index (χ0) is 14.1. The standard InChI is InChI=1S/C16H12INO2/c1-20-14-4-2-3-13-15(14)12(9-18-13)16(19)10-5-7-11(17)8-6-10/h2-9,18H,1H3. The maximum absolute atomic E-state index is 12.6. The van der Waals surface area contributed by atoms with E-state index in [0.29, 0.717) is 16.9 Å². The number of fused-ring (bicyclic) bond motifs is 1. The van der Waals surface area contributed by atoms with Crippen molar-refractivity contribution in [3.05, 3.63) is 63.4 Å². The van der Waals surface area contributed by atoms with Crippen LogP contribution in [0.2, 0.25) is 0 Å². The molecule has 0 saturated heterocycles. The summed E-state index contributed by atoms with van der Waals surface area (Å²) in [5.41, 5.74) is 2.22. The Bertz CT molecular complexity index is 775. The minimum absolute atomic E-state index is 0.00264. The van der Waals surface area contributed by atoms with Gasteiger partial charge in [0, 0.05) is 20.8 Å². The van der Waals surface area contributed by atoms with Crippen LogP contribution >= 0.6 is 22.6 Å². The molecule has 3 aromatic rings. The summed E-state index contributed by atoms with van der Waals surface area (Å²) in [5.74, 6) is 0.703. The molecular weight excluding hydrogens is 365 g/mol. The molecule has 1 aromatic heterocycles. The lowest BCUT2D eigenvalue weighted by Gasteiger charge is -2.04. The van der Waals surface area contributed by atoms with Gasteiger partial charge < -0.3 is 9.72 Å². The molecule has 1 N–H and O–H groups in total. The van der Waals surface area contributed by atoms with E-state index in [1.165, 1.54) is 0 Å². The summed E-state index contributed by atoms with van der Waals surface area (Å²) < 4.78 is 6.47. The highest BCUT2D eigenvalue weighted by Crippen LogP contribution is 2.30. The molecule has 100 valence electrons. The maximum atomic E-state index is 12.6. The lowest BCUT2D eigenvalue weighted by molar-refractivity contribution is 0.104. The van der Waals surface area contributed by atoms with Crippen LogP contribution in [0.25, 0.3) is 10.9 Å². The molecule has 1 heterocycles. The van der Waals surface area contributed by atoms with Crippen molar-refractivity contribution in [2.24, 2.45) is 0 Å². The Labute approximate surface area is 130 Å². The molecule has 4 heteroatoms. The van der Waals surface area contributed by atoms with Gasteiger partial charge in [0.2, 0.25) is 0 Å². The number of aromatic nitrogens is 1. The third-order valence-corrected chi connectivity index (χ3v) is 3.96. The maximum Gasteiger partial charge on any atom is 0.195 e. The largest absolute Gasteiger partial charge is 0.496 e. The topological polar surface area (TPSA) is 42.1 Å². The first-order valence-electron chi connectivity index (χ1n) is 6.15. The number of ether oxygens (including phenoxy) is 1. The monoisotopic (exact) mass is 377 g/mol. The second kappa shape index (κ2) is 5.28. The van der Waals surface area contributed by atoms with Crippen LogP contribution in [-0.4, -0.2) is 17.9 Å². The quantitative estimate of drug-likeness (QED) is 0.554. The van der Waals surface area contributed by atoms with Crippen molar-refractivity contribution in [1.29, 1.82) is 0 Å². The van der Waals surface area contributed by atoms with Gasteiger partial charge in [-0.05, 0) is 59.0 Å². The van der Waals surface area contributed by atoms with Gasteiger partial charge in [-0.25, -0.2) is 0 Å². The summed E-state index contributed by atoms with van der Waals surface area (Å²) in [6, 6.07) is 13.2. The van der Waals surface area contributed by atoms with Gasteiger partial charge in [0.05, 0.1) is 18.1 Å². The molecule has 0 aliphatic rings. The summed E-state index contributed by atoms with van der Waals surface area (Å²) in [6.45, 7) is 0. The predicted molar refractivity (Wildman–Crippen MR) is 87.4 cm³/mol. The number of halogens is 1. The van der Waals surface area contributed by atoms with Crippen molar-refractivity contribution in [3.63, 3.8) is 0 Å². The Morgan fingerprint density at radius 1 is 1.15 bits per heavy atom. The molecule has 0 bridgehead atoms. The number of hydrogen-bond acceptors (Lipinski definition) is 2. The van der Waals surface area contributed by atoms with Gasteiger partial charge in [0.25, 0.3) is 0 Å². The first-order chi connectivity index (χ1) is 9.70. The van der Waals surface area contributed by atoms with Crippen LogP contribution < -0.4 is 4.74 Å². The number of ketones is 1. The summed E-state index contributed by atoms with van der Waals surface area (Å²) >= 11 is 2.22. The van der Waals surface area contributed by atoms with Gasteiger partial charge in [-0.15, -0.1) is 0 Å². The first-order valence-corrected chi connectivity index (χ1v) is 7.23. The van der Waals surface area contributed by atoms with E-state index in [9.17, 15) is 4.79 Å². The summed E-state index contributed by atoms with van der Waals surface area (Å²) in [6.07, 6.45) is 1.74. The number of aromatic amines is 1. The Kier molecular flexibility index (Phi) is 3.48. The third-order valence-electron chi connectivity index (χ3n) is 3.24. The average molecular weight is 377 g/mol. The summed E-state index contributed by atoms with van der Waals surface area (Å²) in [5, 5.41) is 0.832. The molecule has 0 radical (unpaired) electrons. The molecule has 3 rings (SSSR count). The lowest BCUT2D eigenvalue weighted by atomic mass is 10.0. The van der Waals surface area contributed by atoms with E-state index < -0.39 is 0 Å². The number of H-pyrrole nitrogens is 1. The fraction of sp³-hybridized carbons (Fsp3) is 0.0625. The van der Waals surface area contributed by atoms with Crippen molar-refractivity contribution in [1.82, 2.24) is 4.98 Å². The fourth-order valence-corrected chi connectivity index (χ4v) is 2.62. The third kappa shape index (κ3) is 2.20. The molecule has 0 spiro atoms. The second-order valence-corrected chi connectivity index (χ2v) is 5.67. The number of hydrogen-bond donors (Lipinski definition) is 1. The highest BCUT2D eigenvalue weighted by atomic mass is 127. The number of carbonyl (C=O) groups excluding carboxylic acids is 1. The zero-order valence-corrected chi connectivity index (χ0v) is 13.0. The van der Waals surface area contributed by atoms with E-state index in [1.54, 1.807) is 13.3 Å². The Morgan fingerprint density at radius 3 is 2.60 bits per heavy atom. The Balaban J connectivity index is 2.14. The minimum Gasteiger partial charge on any atom is -0.496 e. The molecule has 20 heavy (non-hydrogen) atoms. The number of methoxy groups -OCH3 is 1. The van der Waals surface area contributed by atoms with Crippen LogP contribution in [0.15, 0.2) is 48.7 Å². The number of benzene rings is 2. The van der Waals surface area contributed by atoms with Crippen LogP contribution in [0.5, 0.6) is 5.75 Å². The van der Waals surface area contributed by atoms with Crippen LogP contribution in [0.4, 0.5) is 0 Å². The first kappa shape index (κ1) is 13.2. The van der Waals surface area contributed by atoms with Crippen molar-refractivity contribution >= 4 is 39.3 Å². The lowest BCUT2D eigenvalue weighted by Crippen LogP contribution is -2.00. The number of carbonyl (C=O) groups is 1. The van der Waals surface area contributed by atoms with Gasteiger partial charge in [-0.2, -0.15) is 0 Å². The Hall–Kier alpha value is -1.82. The second-order valence-electron chi connectivity index (χ2n) is 4.42. The highest BCUT2D eigenvalue weighted by molar-refractivity contribution is 14.1. The molecular formula is C16H12INO2. The molecule has 0 fully saturated rings. The molecule has 0 aliphatic heterocycles. The van der Waals surface area contributed by atoms with Crippen molar-refractivity contribution in [2.45, 2.75) is 0 Å². The summed E-state index contributed by atoms with van der Waals surface area (Å²) in [4.78, 5) is 15.7. The van der Waals surface area contributed by atoms with E-state index in [0.717, 1.165) is 14.5 Å². The van der Waals surface area contributed by atoms with E-state index in [4.69, 9.17) is 4.74 Å². The molecule has 0 amide bonds. The highest BCUT2D eigenvalue weighted by Gasteiger charge is 2.16. The van der Waals surface area contributed by atoms with Gasteiger partial charge in [-0.3, -0.25) is 4.79 Å². The summed E-state index contributed by atoms with van der Waals surface area (Å²) in [7, 11) is 1.61. The molecule has 0 saturated carbocycles. The molecule has 3 nitrogen and oxygen atoms in total. The van der Waals surface area contributed by atoms with Gasteiger partial charge in [-0.1, -0.05) is 6.07 Å². The van der Waals surface area contributed by atoms with E-state index in [1.807, 2.05) is 42.5 Å². The molecule has 2 aromatic carbocycles. The fourth-order valence-electron chi connectivity index (χ4n) is 2.26. The van der Waals surface area contributed by atoms with Crippen LogP contribution in [0, 0.1) is 3.57 Å². The van der Waals surface area contributed by atoms with Crippen LogP contribution in [0.3, 0.4) is 0 Å². The van der Waals surface area contributed by atoms with E-state index >= 15 is 0 Å². The van der Waals surface area contributed by atoms with Crippen LogP contribution in [0.1, 0.15) is 15.9 Å². The molecule has 0 unspecified atom stereocenters. The minimum atomic E-state index is -0.00264. The van der Waals surface area contributed by atoms with Crippen molar-refractivity contribution in [3.8, 4) is 5.75 Å². The van der Waals surface area contributed by atoms with Gasteiger partial charge in [0.15, 0.2) is 5.78 Å². The van der Waals surface area contributed by atoms with Crippen molar-refractivity contribution < 1.29 is 9.53 Å². The predicted octanol–water partition coefficient (Wildman–Crippen LogP) is 4.01. The number of nitrogens with one attached hydrogen (secondary N) is 1.